The summed E-state index contributed by atoms with van der Waals surface area (Å²) in [5, 5.41) is 9.65. The molecular formula is C16H15N3O2. The topological polar surface area (TPSA) is 65.4 Å². The summed E-state index contributed by atoms with van der Waals surface area (Å²) in [4.78, 5) is 12.2. The summed E-state index contributed by atoms with van der Waals surface area (Å²) < 4.78 is 5.07. The van der Waals surface area contributed by atoms with Crippen molar-refractivity contribution in [2.24, 2.45) is 0 Å². The van der Waals surface area contributed by atoms with E-state index >= 15 is 0 Å². The second-order valence-corrected chi connectivity index (χ2v) is 4.76. The largest absolute Gasteiger partial charge is 0.497 e. The summed E-state index contributed by atoms with van der Waals surface area (Å²) in [6.45, 7) is 0.511. The van der Waals surface area contributed by atoms with Crippen LogP contribution in [0.5, 0.6) is 5.75 Å². The summed E-state index contributed by atoms with van der Waals surface area (Å²) in [5.74, 6) is 0.774. The maximum Gasteiger partial charge on any atom is 0.269 e. The van der Waals surface area contributed by atoms with Gasteiger partial charge in [-0.05, 0) is 29.8 Å². The van der Waals surface area contributed by atoms with E-state index in [4.69, 9.17) is 10.1 Å². The first-order valence-electron chi connectivity index (χ1n) is 6.58. The molecule has 5 nitrogen and oxygen atoms in total. The number of nitrogens with zero attached hydrogens (tertiary/aromatic N) is 1. The first-order chi connectivity index (χ1) is 10.2. The molecule has 1 aliphatic rings. The van der Waals surface area contributed by atoms with Crippen molar-refractivity contribution >= 4 is 11.7 Å². The second-order valence-electron chi connectivity index (χ2n) is 4.76. The number of rotatable bonds is 3. The number of hydrazine groups is 1. The predicted octanol–water partition coefficient (Wildman–Crippen LogP) is 2.18. The predicted molar refractivity (Wildman–Crippen MR) is 79.3 cm³/mol. The van der Waals surface area contributed by atoms with Crippen LogP contribution >= 0.6 is 0 Å². The highest BCUT2D eigenvalue weighted by Crippen LogP contribution is 2.20. The molecule has 2 N–H and O–H groups in total. The lowest BCUT2D eigenvalue weighted by Gasteiger charge is -2.19. The second kappa shape index (κ2) is 5.28. The van der Waals surface area contributed by atoms with E-state index in [0.29, 0.717) is 23.7 Å². The fourth-order valence-electron chi connectivity index (χ4n) is 2.31. The molecule has 0 aromatic heterocycles. The van der Waals surface area contributed by atoms with Crippen LogP contribution in [0.25, 0.3) is 0 Å². The number of fused-ring (bicyclic) bond motifs is 1. The number of carbonyl (C=O) groups excluding carboxylic acids is 1. The van der Waals surface area contributed by atoms with Crippen LogP contribution < -0.4 is 10.2 Å². The van der Waals surface area contributed by atoms with Crippen molar-refractivity contribution in [3.8, 4) is 5.75 Å². The Morgan fingerprint density at radius 2 is 1.90 bits per heavy atom. The maximum atomic E-state index is 12.2. The van der Waals surface area contributed by atoms with E-state index in [-0.39, 0.29) is 5.91 Å². The van der Waals surface area contributed by atoms with Crippen molar-refractivity contribution in [1.82, 2.24) is 10.4 Å². The van der Waals surface area contributed by atoms with Crippen LogP contribution in [-0.4, -0.2) is 23.9 Å². The average Bonchev–Trinajstić information content (AvgIpc) is 2.84. The zero-order valence-electron chi connectivity index (χ0n) is 11.6. The zero-order chi connectivity index (χ0) is 14.8. The Morgan fingerprint density at radius 1 is 1.19 bits per heavy atom. The molecule has 0 aliphatic carbocycles. The molecule has 0 spiro atoms. The first-order valence-corrected chi connectivity index (χ1v) is 6.58. The van der Waals surface area contributed by atoms with Crippen LogP contribution in [0.3, 0.4) is 0 Å². The standard InChI is InChI=1S/C16H15N3O2/c1-21-13-8-6-11(7-9-13)16(20)18-19-10-12-4-2-3-5-14(12)15(19)17/h2-9,17H,10H2,1H3,(H,18,20). The molecule has 3 rings (SSSR count). The summed E-state index contributed by atoms with van der Waals surface area (Å²) in [7, 11) is 1.58. The van der Waals surface area contributed by atoms with Crippen molar-refractivity contribution < 1.29 is 9.53 Å². The Balaban J connectivity index is 1.73. The molecule has 1 heterocycles. The van der Waals surface area contributed by atoms with Crippen LogP contribution in [0.4, 0.5) is 0 Å². The van der Waals surface area contributed by atoms with Gasteiger partial charge in [-0.1, -0.05) is 24.3 Å². The van der Waals surface area contributed by atoms with Crippen molar-refractivity contribution in [1.29, 1.82) is 5.41 Å². The van der Waals surface area contributed by atoms with Gasteiger partial charge < -0.3 is 4.74 Å². The highest BCUT2D eigenvalue weighted by Gasteiger charge is 2.25. The van der Waals surface area contributed by atoms with Crippen molar-refractivity contribution in [3.63, 3.8) is 0 Å². The highest BCUT2D eigenvalue weighted by molar-refractivity contribution is 6.02. The van der Waals surface area contributed by atoms with Crippen LogP contribution in [0.15, 0.2) is 48.5 Å². The molecule has 0 saturated heterocycles. The SMILES string of the molecule is COc1ccc(C(=O)NN2Cc3ccccc3C2=N)cc1. The number of carbonyl (C=O) groups is 1. The van der Waals surface area contributed by atoms with E-state index in [2.05, 4.69) is 5.43 Å². The third kappa shape index (κ3) is 2.45. The van der Waals surface area contributed by atoms with Gasteiger partial charge >= 0.3 is 0 Å². The molecule has 5 heteroatoms. The van der Waals surface area contributed by atoms with Crippen LogP contribution in [0.1, 0.15) is 21.5 Å². The summed E-state index contributed by atoms with van der Waals surface area (Å²) >= 11 is 0. The molecule has 0 bridgehead atoms. The van der Waals surface area contributed by atoms with Gasteiger partial charge in [-0.15, -0.1) is 0 Å². The highest BCUT2D eigenvalue weighted by atomic mass is 16.5. The van der Waals surface area contributed by atoms with Crippen LogP contribution in [0, 0.1) is 5.41 Å². The van der Waals surface area contributed by atoms with Crippen molar-refractivity contribution in [2.45, 2.75) is 6.54 Å². The number of ether oxygens (including phenoxy) is 1. The van der Waals surface area contributed by atoms with Crippen LogP contribution in [-0.2, 0) is 6.54 Å². The molecule has 0 unspecified atom stereocenters. The van der Waals surface area contributed by atoms with Crippen molar-refractivity contribution in [3.05, 3.63) is 65.2 Å². The van der Waals surface area contributed by atoms with Gasteiger partial charge in [0.25, 0.3) is 5.91 Å². The number of hydrogen-bond acceptors (Lipinski definition) is 3. The Labute approximate surface area is 122 Å². The third-order valence-corrected chi connectivity index (χ3v) is 3.46. The quantitative estimate of drug-likeness (QED) is 0.906. The minimum absolute atomic E-state index is 0.241. The Kier molecular flexibility index (Phi) is 3.31. The Morgan fingerprint density at radius 3 is 2.57 bits per heavy atom. The Bertz CT molecular complexity index is 695. The number of amides is 1. The van der Waals surface area contributed by atoms with E-state index in [1.165, 1.54) is 0 Å². The molecule has 1 aliphatic heterocycles. The van der Waals surface area contributed by atoms with Gasteiger partial charge in [-0.2, -0.15) is 0 Å². The molecule has 1 amide bonds. The fraction of sp³-hybridized carbons (Fsp3) is 0.125. The summed E-state index contributed by atoms with van der Waals surface area (Å²) in [6, 6.07) is 14.5. The lowest BCUT2D eigenvalue weighted by atomic mass is 10.1. The van der Waals surface area contributed by atoms with Gasteiger partial charge in [0.05, 0.1) is 13.7 Å². The lowest BCUT2D eigenvalue weighted by Crippen LogP contribution is -2.42. The molecule has 106 valence electrons. The summed E-state index contributed by atoms with van der Waals surface area (Å²) in [5.41, 5.74) is 5.18. The molecule has 2 aromatic carbocycles. The first kappa shape index (κ1) is 13.2. The number of methoxy groups -OCH3 is 1. The zero-order valence-corrected chi connectivity index (χ0v) is 11.6. The lowest BCUT2D eigenvalue weighted by molar-refractivity contribution is 0.0869. The molecule has 0 radical (unpaired) electrons. The third-order valence-electron chi connectivity index (χ3n) is 3.46. The van der Waals surface area contributed by atoms with E-state index in [9.17, 15) is 4.79 Å². The fourth-order valence-corrected chi connectivity index (χ4v) is 2.31. The van der Waals surface area contributed by atoms with Gasteiger partial charge in [0.1, 0.15) is 11.6 Å². The summed E-state index contributed by atoms with van der Waals surface area (Å²) in [6.07, 6.45) is 0. The molecule has 0 fully saturated rings. The van der Waals surface area contributed by atoms with Crippen LogP contribution in [0.2, 0.25) is 0 Å². The Hall–Kier alpha value is -2.82. The molecule has 21 heavy (non-hydrogen) atoms. The van der Waals surface area contributed by atoms with Gasteiger partial charge in [0.2, 0.25) is 0 Å². The van der Waals surface area contributed by atoms with E-state index < -0.39 is 0 Å². The molecule has 0 atom stereocenters. The van der Waals surface area contributed by atoms with Gasteiger partial charge in [-0.25, -0.2) is 0 Å². The van der Waals surface area contributed by atoms with E-state index in [1.54, 1.807) is 36.4 Å². The minimum Gasteiger partial charge on any atom is -0.497 e. The number of nitrogens with one attached hydrogen (secondary N) is 2. The smallest absolute Gasteiger partial charge is 0.269 e. The number of benzene rings is 2. The molecular weight excluding hydrogens is 266 g/mol. The molecule has 0 saturated carbocycles. The average molecular weight is 281 g/mol. The van der Waals surface area contributed by atoms with E-state index in [0.717, 1.165) is 11.1 Å². The monoisotopic (exact) mass is 281 g/mol. The maximum absolute atomic E-state index is 12.2. The van der Waals surface area contributed by atoms with Gasteiger partial charge in [0, 0.05) is 11.1 Å². The van der Waals surface area contributed by atoms with Gasteiger partial charge in [-0.3, -0.25) is 20.6 Å². The minimum atomic E-state index is -0.241. The van der Waals surface area contributed by atoms with Crippen molar-refractivity contribution in [2.75, 3.05) is 7.11 Å². The number of hydrogen-bond donors (Lipinski definition) is 2. The van der Waals surface area contributed by atoms with E-state index in [1.807, 2.05) is 24.3 Å². The molecule has 2 aromatic rings. The normalized spacial score (nSPS) is 13.0. The number of amidine groups is 1. The van der Waals surface area contributed by atoms with Gasteiger partial charge in [0.15, 0.2) is 0 Å².